The summed E-state index contributed by atoms with van der Waals surface area (Å²) in [5.41, 5.74) is 1.17. The first-order chi connectivity index (χ1) is 8.43. The molecule has 0 radical (unpaired) electrons. The van der Waals surface area contributed by atoms with Gasteiger partial charge in [-0.2, -0.15) is 0 Å². The van der Waals surface area contributed by atoms with E-state index in [0.717, 1.165) is 13.2 Å². The molecular formula is C14H24N2O. The fraction of sp³-hybridized carbons (Fsp3) is 0.643. The van der Waals surface area contributed by atoms with Crippen LogP contribution in [0.2, 0.25) is 0 Å². The van der Waals surface area contributed by atoms with E-state index in [9.17, 15) is 0 Å². The van der Waals surface area contributed by atoms with Gasteiger partial charge < -0.3 is 10.1 Å². The number of ether oxygens (including phenoxy) is 1. The molecule has 0 saturated carbocycles. The van der Waals surface area contributed by atoms with Gasteiger partial charge in [0.25, 0.3) is 0 Å². The SMILES string of the molecule is COCCCCCCCCNc1ccncc1. The highest BCUT2D eigenvalue weighted by molar-refractivity contribution is 5.40. The van der Waals surface area contributed by atoms with Crippen molar-refractivity contribution < 1.29 is 4.74 Å². The average molecular weight is 236 g/mol. The maximum Gasteiger partial charge on any atom is 0.0462 e. The Balaban J connectivity index is 1.85. The second-order valence-corrected chi connectivity index (χ2v) is 4.28. The molecule has 3 heteroatoms. The summed E-state index contributed by atoms with van der Waals surface area (Å²) in [7, 11) is 1.77. The van der Waals surface area contributed by atoms with Gasteiger partial charge in [-0.3, -0.25) is 4.98 Å². The van der Waals surface area contributed by atoms with Gasteiger partial charge in [-0.1, -0.05) is 25.7 Å². The van der Waals surface area contributed by atoms with Crippen molar-refractivity contribution in [3.63, 3.8) is 0 Å². The molecule has 0 aliphatic carbocycles. The maximum absolute atomic E-state index is 5.02. The summed E-state index contributed by atoms with van der Waals surface area (Å²) >= 11 is 0. The molecule has 0 spiro atoms. The first-order valence-corrected chi connectivity index (χ1v) is 6.56. The van der Waals surface area contributed by atoms with Crippen LogP contribution in [0.5, 0.6) is 0 Å². The van der Waals surface area contributed by atoms with Gasteiger partial charge in [-0.05, 0) is 25.0 Å². The second-order valence-electron chi connectivity index (χ2n) is 4.28. The Morgan fingerprint density at radius 1 is 1.00 bits per heavy atom. The van der Waals surface area contributed by atoms with Crippen LogP contribution in [0.1, 0.15) is 38.5 Å². The summed E-state index contributed by atoms with van der Waals surface area (Å²) in [5.74, 6) is 0. The minimum Gasteiger partial charge on any atom is -0.385 e. The summed E-state index contributed by atoms with van der Waals surface area (Å²) in [6.07, 6.45) is 11.4. The molecule has 1 aromatic heterocycles. The van der Waals surface area contributed by atoms with Crippen molar-refractivity contribution in [3.05, 3.63) is 24.5 Å². The zero-order valence-electron chi connectivity index (χ0n) is 10.8. The monoisotopic (exact) mass is 236 g/mol. The van der Waals surface area contributed by atoms with E-state index in [1.165, 1.54) is 44.2 Å². The van der Waals surface area contributed by atoms with Crippen molar-refractivity contribution in [3.8, 4) is 0 Å². The number of aromatic nitrogens is 1. The highest BCUT2D eigenvalue weighted by atomic mass is 16.5. The number of hydrogen-bond acceptors (Lipinski definition) is 3. The number of unbranched alkanes of at least 4 members (excludes halogenated alkanes) is 5. The molecule has 0 atom stereocenters. The lowest BCUT2D eigenvalue weighted by atomic mass is 10.1. The van der Waals surface area contributed by atoms with Crippen molar-refractivity contribution in [2.45, 2.75) is 38.5 Å². The lowest BCUT2D eigenvalue weighted by Crippen LogP contribution is -2.01. The minimum atomic E-state index is 0.906. The normalized spacial score (nSPS) is 10.4. The van der Waals surface area contributed by atoms with Crippen LogP contribution in [-0.2, 0) is 4.74 Å². The van der Waals surface area contributed by atoms with Gasteiger partial charge in [-0.25, -0.2) is 0 Å². The molecule has 17 heavy (non-hydrogen) atoms. The van der Waals surface area contributed by atoms with E-state index in [1.807, 2.05) is 24.5 Å². The quantitative estimate of drug-likeness (QED) is 0.631. The van der Waals surface area contributed by atoms with Crippen LogP contribution in [-0.4, -0.2) is 25.2 Å². The molecule has 1 N–H and O–H groups in total. The molecule has 0 aliphatic rings. The molecule has 0 unspecified atom stereocenters. The summed E-state index contributed by atoms with van der Waals surface area (Å²) in [6, 6.07) is 4.01. The van der Waals surface area contributed by atoms with E-state index in [-0.39, 0.29) is 0 Å². The number of hydrogen-bond donors (Lipinski definition) is 1. The summed E-state index contributed by atoms with van der Waals surface area (Å²) in [5, 5.41) is 3.40. The van der Waals surface area contributed by atoms with Crippen molar-refractivity contribution in [2.75, 3.05) is 25.6 Å². The lowest BCUT2D eigenvalue weighted by Gasteiger charge is -2.05. The van der Waals surface area contributed by atoms with Crippen LogP contribution >= 0.6 is 0 Å². The van der Waals surface area contributed by atoms with Crippen LogP contribution in [0.15, 0.2) is 24.5 Å². The maximum atomic E-state index is 5.02. The zero-order valence-corrected chi connectivity index (χ0v) is 10.8. The first-order valence-electron chi connectivity index (χ1n) is 6.56. The molecule has 3 nitrogen and oxygen atoms in total. The standard InChI is InChI=1S/C14H24N2O/c1-17-13-7-5-3-2-4-6-10-16-14-8-11-15-12-9-14/h8-9,11-12H,2-7,10,13H2,1H3,(H,15,16). The van der Waals surface area contributed by atoms with Gasteiger partial charge in [-0.15, -0.1) is 0 Å². The number of pyridine rings is 1. The average Bonchev–Trinajstić information content (AvgIpc) is 2.38. The Kier molecular flexibility index (Phi) is 8.29. The zero-order chi connectivity index (χ0) is 12.2. The van der Waals surface area contributed by atoms with Gasteiger partial charge in [0.05, 0.1) is 0 Å². The topological polar surface area (TPSA) is 34.1 Å². The van der Waals surface area contributed by atoms with Crippen molar-refractivity contribution >= 4 is 5.69 Å². The largest absolute Gasteiger partial charge is 0.385 e. The number of methoxy groups -OCH3 is 1. The molecule has 1 aromatic rings. The lowest BCUT2D eigenvalue weighted by molar-refractivity contribution is 0.192. The predicted molar refractivity (Wildman–Crippen MR) is 72.3 cm³/mol. The molecule has 1 rings (SSSR count). The van der Waals surface area contributed by atoms with E-state index in [1.54, 1.807) is 7.11 Å². The predicted octanol–water partition coefficient (Wildman–Crippen LogP) is 3.48. The van der Waals surface area contributed by atoms with Crippen molar-refractivity contribution in [2.24, 2.45) is 0 Å². The summed E-state index contributed by atoms with van der Waals surface area (Å²) < 4.78 is 5.02. The second kappa shape index (κ2) is 10.1. The fourth-order valence-electron chi connectivity index (χ4n) is 1.78. The van der Waals surface area contributed by atoms with Gasteiger partial charge in [0.2, 0.25) is 0 Å². The third-order valence-corrected chi connectivity index (χ3v) is 2.78. The van der Waals surface area contributed by atoms with E-state index < -0.39 is 0 Å². The Morgan fingerprint density at radius 2 is 1.65 bits per heavy atom. The Morgan fingerprint density at radius 3 is 2.35 bits per heavy atom. The van der Waals surface area contributed by atoms with Crippen molar-refractivity contribution in [1.29, 1.82) is 0 Å². The Hall–Kier alpha value is -1.09. The Bertz CT molecular complexity index is 264. The summed E-state index contributed by atoms with van der Waals surface area (Å²) in [6.45, 7) is 1.96. The highest BCUT2D eigenvalue weighted by Gasteiger charge is 1.92. The van der Waals surface area contributed by atoms with Crippen LogP contribution in [0.3, 0.4) is 0 Å². The minimum absolute atomic E-state index is 0.906. The smallest absolute Gasteiger partial charge is 0.0462 e. The van der Waals surface area contributed by atoms with Crippen LogP contribution in [0.4, 0.5) is 5.69 Å². The third-order valence-electron chi connectivity index (χ3n) is 2.78. The molecule has 0 saturated heterocycles. The molecule has 0 bridgehead atoms. The molecule has 1 heterocycles. The van der Waals surface area contributed by atoms with Crippen LogP contribution < -0.4 is 5.32 Å². The van der Waals surface area contributed by atoms with E-state index in [2.05, 4.69) is 10.3 Å². The van der Waals surface area contributed by atoms with E-state index in [4.69, 9.17) is 4.74 Å². The molecule has 96 valence electrons. The van der Waals surface area contributed by atoms with Gasteiger partial charge in [0.15, 0.2) is 0 Å². The third kappa shape index (κ3) is 7.75. The molecule has 0 aromatic carbocycles. The fourth-order valence-corrected chi connectivity index (χ4v) is 1.78. The van der Waals surface area contributed by atoms with Gasteiger partial charge in [0.1, 0.15) is 0 Å². The number of nitrogens with one attached hydrogen (secondary N) is 1. The van der Waals surface area contributed by atoms with E-state index in [0.29, 0.717) is 0 Å². The number of anilines is 1. The molecular weight excluding hydrogens is 212 g/mol. The number of rotatable bonds is 10. The van der Waals surface area contributed by atoms with Crippen LogP contribution in [0, 0.1) is 0 Å². The number of nitrogens with zero attached hydrogens (tertiary/aromatic N) is 1. The first kappa shape index (κ1) is 14.0. The van der Waals surface area contributed by atoms with Crippen molar-refractivity contribution in [1.82, 2.24) is 4.98 Å². The van der Waals surface area contributed by atoms with Gasteiger partial charge in [0, 0.05) is 38.3 Å². The van der Waals surface area contributed by atoms with E-state index >= 15 is 0 Å². The molecule has 0 amide bonds. The highest BCUT2D eigenvalue weighted by Crippen LogP contribution is 2.07. The summed E-state index contributed by atoms with van der Waals surface area (Å²) in [4.78, 5) is 3.99. The molecule has 0 aliphatic heterocycles. The molecule has 0 fully saturated rings. The van der Waals surface area contributed by atoms with Gasteiger partial charge >= 0.3 is 0 Å². The van der Waals surface area contributed by atoms with Crippen LogP contribution in [0.25, 0.3) is 0 Å². The Labute approximate surface area is 105 Å².